The molecule has 1 aromatic carbocycles. The molecule has 0 heterocycles. The zero-order chi connectivity index (χ0) is 15.7. The molecular formula is C16H26N4O. The van der Waals surface area contributed by atoms with E-state index in [1.54, 1.807) is 0 Å². The number of hydrogen-bond acceptors (Lipinski definition) is 2. The first-order valence-corrected chi connectivity index (χ1v) is 7.28. The molecule has 116 valence electrons. The summed E-state index contributed by atoms with van der Waals surface area (Å²) in [6.07, 6.45) is 0. The van der Waals surface area contributed by atoms with Crippen molar-refractivity contribution in [2.45, 2.75) is 39.8 Å². The van der Waals surface area contributed by atoms with E-state index in [0.29, 0.717) is 12.5 Å². The van der Waals surface area contributed by atoms with E-state index >= 15 is 0 Å². The van der Waals surface area contributed by atoms with E-state index in [0.717, 1.165) is 12.1 Å². The SMILES string of the molecule is CCNC(=NCC(=O)NCc1ccccc1)NC(C)(C)C. The molecule has 0 aliphatic rings. The standard InChI is InChI=1S/C16H26N4O/c1-5-17-15(20-16(2,3)4)19-12-14(21)18-11-13-9-7-6-8-10-13/h6-10H,5,11-12H2,1-4H3,(H,18,21)(H2,17,19,20). The molecule has 0 atom stereocenters. The molecule has 0 unspecified atom stereocenters. The molecule has 0 aromatic heterocycles. The minimum Gasteiger partial charge on any atom is -0.357 e. The topological polar surface area (TPSA) is 65.5 Å². The van der Waals surface area contributed by atoms with Crippen LogP contribution < -0.4 is 16.0 Å². The minimum absolute atomic E-state index is 0.0926. The summed E-state index contributed by atoms with van der Waals surface area (Å²) in [5.74, 6) is 0.560. The molecule has 0 saturated carbocycles. The first-order valence-electron chi connectivity index (χ1n) is 7.28. The van der Waals surface area contributed by atoms with E-state index < -0.39 is 0 Å². The van der Waals surface area contributed by atoms with Gasteiger partial charge in [-0.1, -0.05) is 30.3 Å². The molecule has 0 fully saturated rings. The molecule has 5 nitrogen and oxygen atoms in total. The highest BCUT2D eigenvalue weighted by Crippen LogP contribution is 1.98. The average Bonchev–Trinajstić information content (AvgIpc) is 2.42. The number of nitrogens with zero attached hydrogens (tertiary/aromatic N) is 1. The molecular weight excluding hydrogens is 264 g/mol. The number of aliphatic imine (C=N–C) groups is 1. The van der Waals surface area contributed by atoms with Gasteiger partial charge in [0.1, 0.15) is 6.54 Å². The van der Waals surface area contributed by atoms with Crippen molar-refractivity contribution in [3.8, 4) is 0 Å². The zero-order valence-electron chi connectivity index (χ0n) is 13.4. The van der Waals surface area contributed by atoms with Gasteiger partial charge < -0.3 is 16.0 Å². The largest absolute Gasteiger partial charge is 0.357 e. The number of guanidine groups is 1. The smallest absolute Gasteiger partial charge is 0.242 e. The monoisotopic (exact) mass is 290 g/mol. The molecule has 0 spiro atoms. The Morgan fingerprint density at radius 1 is 1.14 bits per heavy atom. The fraction of sp³-hybridized carbons (Fsp3) is 0.500. The van der Waals surface area contributed by atoms with E-state index in [4.69, 9.17) is 0 Å². The number of carbonyl (C=O) groups excluding carboxylic acids is 1. The predicted molar refractivity (Wildman–Crippen MR) is 87.2 cm³/mol. The normalized spacial score (nSPS) is 11.9. The minimum atomic E-state index is -0.0957. The Labute approximate surface area is 127 Å². The fourth-order valence-corrected chi connectivity index (χ4v) is 1.67. The van der Waals surface area contributed by atoms with Gasteiger partial charge in [-0.2, -0.15) is 0 Å². The first-order chi connectivity index (χ1) is 9.90. The molecule has 0 radical (unpaired) electrons. The van der Waals surface area contributed by atoms with Crippen molar-refractivity contribution in [1.29, 1.82) is 0 Å². The Bertz CT molecular complexity index is 463. The van der Waals surface area contributed by atoms with Gasteiger partial charge in [0, 0.05) is 18.6 Å². The van der Waals surface area contributed by atoms with Gasteiger partial charge in [-0.3, -0.25) is 4.79 Å². The van der Waals surface area contributed by atoms with E-state index in [9.17, 15) is 4.79 Å². The molecule has 1 amide bonds. The summed E-state index contributed by atoms with van der Waals surface area (Å²) in [4.78, 5) is 16.1. The number of hydrogen-bond donors (Lipinski definition) is 3. The predicted octanol–water partition coefficient (Wildman–Crippen LogP) is 1.66. The number of rotatable bonds is 5. The van der Waals surface area contributed by atoms with Gasteiger partial charge in [-0.25, -0.2) is 4.99 Å². The van der Waals surface area contributed by atoms with Crippen LogP contribution in [-0.2, 0) is 11.3 Å². The maximum absolute atomic E-state index is 11.8. The van der Waals surface area contributed by atoms with Crippen LogP contribution in [0, 0.1) is 0 Å². The van der Waals surface area contributed by atoms with Crippen LogP contribution in [0.15, 0.2) is 35.3 Å². The van der Waals surface area contributed by atoms with E-state index in [2.05, 4.69) is 41.7 Å². The van der Waals surface area contributed by atoms with Gasteiger partial charge in [0.2, 0.25) is 5.91 Å². The lowest BCUT2D eigenvalue weighted by molar-refractivity contribution is -0.119. The van der Waals surface area contributed by atoms with Gasteiger partial charge in [-0.15, -0.1) is 0 Å². The van der Waals surface area contributed by atoms with Crippen LogP contribution in [-0.4, -0.2) is 30.5 Å². The van der Waals surface area contributed by atoms with Crippen LogP contribution in [0.3, 0.4) is 0 Å². The third kappa shape index (κ3) is 7.97. The van der Waals surface area contributed by atoms with Crippen molar-refractivity contribution >= 4 is 11.9 Å². The lowest BCUT2D eigenvalue weighted by Gasteiger charge is -2.23. The highest BCUT2D eigenvalue weighted by molar-refractivity contribution is 5.85. The molecule has 0 bridgehead atoms. The molecule has 5 heteroatoms. The van der Waals surface area contributed by atoms with Crippen LogP contribution in [0.25, 0.3) is 0 Å². The summed E-state index contributed by atoms with van der Waals surface area (Å²) in [6, 6.07) is 9.83. The van der Waals surface area contributed by atoms with Gasteiger partial charge in [0.25, 0.3) is 0 Å². The lowest BCUT2D eigenvalue weighted by atomic mass is 10.1. The summed E-state index contributed by atoms with van der Waals surface area (Å²) in [5, 5.41) is 9.23. The van der Waals surface area contributed by atoms with Crippen molar-refractivity contribution in [1.82, 2.24) is 16.0 Å². The summed E-state index contributed by atoms with van der Waals surface area (Å²) in [5.41, 5.74) is 0.983. The second-order valence-corrected chi connectivity index (χ2v) is 5.83. The second-order valence-electron chi connectivity index (χ2n) is 5.83. The second kappa shape index (κ2) is 8.29. The summed E-state index contributed by atoms with van der Waals surface area (Å²) < 4.78 is 0. The van der Waals surface area contributed by atoms with Crippen molar-refractivity contribution in [3.63, 3.8) is 0 Å². The number of benzene rings is 1. The van der Waals surface area contributed by atoms with Crippen molar-refractivity contribution in [2.24, 2.45) is 4.99 Å². The van der Waals surface area contributed by atoms with Gasteiger partial charge >= 0.3 is 0 Å². The summed E-state index contributed by atoms with van der Waals surface area (Å²) in [7, 11) is 0. The molecule has 1 aromatic rings. The van der Waals surface area contributed by atoms with E-state index in [-0.39, 0.29) is 18.0 Å². The van der Waals surface area contributed by atoms with Gasteiger partial charge in [-0.05, 0) is 33.3 Å². The Morgan fingerprint density at radius 3 is 2.38 bits per heavy atom. The van der Waals surface area contributed by atoms with Gasteiger partial charge in [0.05, 0.1) is 0 Å². The molecule has 0 aliphatic heterocycles. The number of amides is 1. The van der Waals surface area contributed by atoms with E-state index in [1.165, 1.54) is 0 Å². The molecule has 0 saturated heterocycles. The Hall–Kier alpha value is -2.04. The number of carbonyl (C=O) groups is 1. The summed E-state index contributed by atoms with van der Waals surface area (Å²) >= 11 is 0. The van der Waals surface area contributed by atoms with Crippen LogP contribution in [0.1, 0.15) is 33.3 Å². The number of nitrogens with one attached hydrogen (secondary N) is 3. The van der Waals surface area contributed by atoms with E-state index in [1.807, 2.05) is 37.3 Å². The van der Waals surface area contributed by atoms with Gasteiger partial charge in [0.15, 0.2) is 5.96 Å². The summed E-state index contributed by atoms with van der Waals surface area (Å²) in [6.45, 7) is 9.54. The molecule has 0 aliphatic carbocycles. The maximum Gasteiger partial charge on any atom is 0.242 e. The third-order valence-electron chi connectivity index (χ3n) is 2.55. The Balaban J connectivity index is 2.46. The molecule has 21 heavy (non-hydrogen) atoms. The van der Waals surface area contributed by atoms with Crippen LogP contribution in [0.5, 0.6) is 0 Å². The highest BCUT2D eigenvalue weighted by atomic mass is 16.1. The van der Waals surface area contributed by atoms with Crippen LogP contribution in [0.4, 0.5) is 0 Å². The molecule has 3 N–H and O–H groups in total. The molecule has 1 rings (SSSR count). The maximum atomic E-state index is 11.8. The Kier molecular flexibility index (Phi) is 6.72. The quantitative estimate of drug-likeness (QED) is 0.571. The Morgan fingerprint density at radius 2 is 1.81 bits per heavy atom. The first kappa shape index (κ1) is 17.0. The highest BCUT2D eigenvalue weighted by Gasteiger charge is 2.12. The average molecular weight is 290 g/mol. The lowest BCUT2D eigenvalue weighted by Crippen LogP contribution is -2.48. The zero-order valence-corrected chi connectivity index (χ0v) is 13.4. The van der Waals surface area contributed by atoms with Crippen LogP contribution >= 0.6 is 0 Å². The van der Waals surface area contributed by atoms with Crippen molar-refractivity contribution in [3.05, 3.63) is 35.9 Å². The van der Waals surface area contributed by atoms with Crippen LogP contribution in [0.2, 0.25) is 0 Å². The third-order valence-corrected chi connectivity index (χ3v) is 2.55. The fourth-order valence-electron chi connectivity index (χ4n) is 1.67. The van der Waals surface area contributed by atoms with Crippen molar-refractivity contribution in [2.75, 3.05) is 13.1 Å². The van der Waals surface area contributed by atoms with Crippen molar-refractivity contribution < 1.29 is 4.79 Å².